The van der Waals surface area contributed by atoms with E-state index in [1.54, 1.807) is 18.5 Å². The molecule has 2 N–H and O–H groups in total. The first-order valence-corrected chi connectivity index (χ1v) is 6.32. The lowest BCUT2D eigenvalue weighted by molar-refractivity contribution is 0.304. The van der Waals surface area contributed by atoms with E-state index in [0.29, 0.717) is 12.4 Å². The van der Waals surface area contributed by atoms with E-state index in [1.807, 2.05) is 42.5 Å². The van der Waals surface area contributed by atoms with E-state index in [-0.39, 0.29) is 5.75 Å². The zero-order valence-electron chi connectivity index (χ0n) is 10.8. The van der Waals surface area contributed by atoms with Crippen molar-refractivity contribution in [2.45, 2.75) is 6.61 Å². The maximum Gasteiger partial charge on any atom is 0.127 e. The van der Waals surface area contributed by atoms with Crippen LogP contribution < -0.4 is 4.74 Å². The van der Waals surface area contributed by atoms with E-state index < -0.39 is 0 Å². The van der Waals surface area contributed by atoms with Crippen molar-refractivity contribution < 1.29 is 9.84 Å². The molecule has 0 unspecified atom stereocenters. The van der Waals surface area contributed by atoms with Crippen LogP contribution in [-0.2, 0) is 6.61 Å². The SMILES string of the molecule is Oc1cc(OCc2ccccc2)ccc1-c1cn[nH]c1. The Morgan fingerprint density at radius 1 is 1.10 bits per heavy atom. The lowest BCUT2D eigenvalue weighted by atomic mass is 10.1. The van der Waals surface area contributed by atoms with E-state index in [1.165, 1.54) is 0 Å². The summed E-state index contributed by atoms with van der Waals surface area (Å²) in [5, 5.41) is 16.6. The Morgan fingerprint density at radius 2 is 1.95 bits per heavy atom. The standard InChI is InChI=1S/C16H14N2O2/c19-16-8-14(20-11-12-4-2-1-3-5-12)6-7-15(16)13-9-17-18-10-13/h1-10,19H,11H2,(H,17,18). The minimum atomic E-state index is 0.178. The van der Waals surface area contributed by atoms with Gasteiger partial charge in [0.15, 0.2) is 0 Å². The second-order valence-corrected chi connectivity index (χ2v) is 4.44. The van der Waals surface area contributed by atoms with E-state index in [4.69, 9.17) is 4.74 Å². The zero-order valence-corrected chi connectivity index (χ0v) is 10.8. The van der Waals surface area contributed by atoms with Crippen LogP contribution >= 0.6 is 0 Å². The molecule has 0 saturated heterocycles. The second kappa shape index (κ2) is 5.48. The highest BCUT2D eigenvalue weighted by molar-refractivity contribution is 5.69. The largest absolute Gasteiger partial charge is 0.507 e. The van der Waals surface area contributed by atoms with E-state index in [0.717, 1.165) is 16.7 Å². The van der Waals surface area contributed by atoms with Gasteiger partial charge in [0.1, 0.15) is 18.1 Å². The van der Waals surface area contributed by atoms with Gasteiger partial charge < -0.3 is 9.84 Å². The van der Waals surface area contributed by atoms with Crippen LogP contribution in [0.25, 0.3) is 11.1 Å². The van der Waals surface area contributed by atoms with Crippen LogP contribution in [0.15, 0.2) is 60.9 Å². The number of H-pyrrole nitrogens is 1. The summed E-state index contributed by atoms with van der Waals surface area (Å²) in [6, 6.07) is 15.2. The Hall–Kier alpha value is -2.75. The second-order valence-electron chi connectivity index (χ2n) is 4.44. The molecule has 100 valence electrons. The van der Waals surface area contributed by atoms with Gasteiger partial charge in [0.05, 0.1) is 6.20 Å². The van der Waals surface area contributed by atoms with Gasteiger partial charge in [-0.2, -0.15) is 5.10 Å². The van der Waals surface area contributed by atoms with Crippen molar-refractivity contribution in [3.8, 4) is 22.6 Å². The zero-order chi connectivity index (χ0) is 13.8. The highest BCUT2D eigenvalue weighted by Crippen LogP contribution is 2.31. The van der Waals surface area contributed by atoms with Crippen LogP contribution in [0.1, 0.15) is 5.56 Å². The van der Waals surface area contributed by atoms with Gasteiger partial charge in [-0.15, -0.1) is 0 Å². The predicted molar refractivity (Wildman–Crippen MR) is 76.5 cm³/mol. The molecular weight excluding hydrogens is 252 g/mol. The van der Waals surface area contributed by atoms with Gasteiger partial charge in [-0.1, -0.05) is 30.3 Å². The van der Waals surface area contributed by atoms with Crippen molar-refractivity contribution in [3.63, 3.8) is 0 Å². The molecular formula is C16H14N2O2. The van der Waals surface area contributed by atoms with Gasteiger partial charge in [0.2, 0.25) is 0 Å². The fraction of sp³-hybridized carbons (Fsp3) is 0.0625. The third kappa shape index (κ3) is 2.64. The lowest BCUT2D eigenvalue weighted by Crippen LogP contribution is -1.94. The highest BCUT2D eigenvalue weighted by atomic mass is 16.5. The Labute approximate surface area is 116 Å². The molecule has 0 aliphatic heterocycles. The van der Waals surface area contributed by atoms with Crippen molar-refractivity contribution in [1.29, 1.82) is 0 Å². The molecule has 0 spiro atoms. The molecule has 0 atom stereocenters. The number of aromatic hydroxyl groups is 1. The lowest BCUT2D eigenvalue weighted by Gasteiger charge is -2.08. The number of hydrogen-bond acceptors (Lipinski definition) is 3. The van der Waals surface area contributed by atoms with Crippen LogP contribution in [0, 0.1) is 0 Å². The van der Waals surface area contributed by atoms with Crippen molar-refractivity contribution >= 4 is 0 Å². The maximum atomic E-state index is 10.0. The fourth-order valence-corrected chi connectivity index (χ4v) is 1.98. The Morgan fingerprint density at radius 3 is 2.65 bits per heavy atom. The average Bonchev–Trinajstić information content (AvgIpc) is 3.00. The monoisotopic (exact) mass is 266 g/mol. The van der Waals surface area contributed by atoms with Gasteiger partial charge in [0, 0.05) is 23.4 Å². The molecule has 20 heavy (non-hydrogen) atoms. The minimum Gasteiger partial charge on any atom is -0.507 e. The van der Waals surface area contributed by atoms with Crippen molar-refractivity contribution in [1.82, 2.24) is 10.2 Å². The number of aromatic amines is 1. The first-order chi connectivity index (χ1) is 9.83. The molecule has 0 amide bonds. The Balaban J connectivity index is 1.74. The summed E-state index contributed by atoms with van der Waals surface area (Å²) in [4.78, 5) is 0. The quantitative estimate of drug-likeness (QED) is 0.761. The number of phenolic OH excluding ortho intramolecular Hbond substituents is 1. The van der Waals surface area contributed by atoms with Crippen LogP contribution in [0.3, 0.4) is 0 Å². The number of nitrogens with one attached hydrogen (secondary N) is 1. The van der Waals surface area contributed by atoms with E-state index in [2.05, 4.69) is 10.2 Å². The number of aromatic nitrogens is 2. The molecule has 2 aromatic carbocycles. The summed E-state index contributed by atoms with van der Waals surface area (Å²) in [6.07, 6.45) is 3.40. The topological polar surface area (TPSA) is 58.1 Å². The molecule has 1 aromatic heterocycles. The molecule has 0 fully saturated rings. The fourth-order valence-electron chi connectivity index (χ4n) is 1.98. The smallest absolute Gasteiger partial charge is 0.127 e. The number of ether oxygens (including phenoxy) is 1. The highest BCUT2D eigenvalue weighted by Gasteiger charge is 2.07. The number of rotatable bonds is 4. The van der Waals surface area contributed by atoms with Gasteiger partial charge in [-0.3, -0.25) is 5.10 Å². The molecule has 4 nitrogen and oxygen atoms in total. The molecule has 3 aromatic rings. The molecule has 0 aliphatic rings. The molecule has 4 heteroatoms. The third-order valence-corrected chi connectivity index (χ3v) is 3.03. The normalized spacial score (nSPS) is 10.4. The molecule has 0 bridgehead atoms. The minimum absolute atomic E-state index is 0.178. The summed E-state index contributed by atoms with van der Waals surface area (Å²) < 4.78 is 5.66. The van der Waals surface area contributed by atoms with Crippen molar-refractivity contribution in [3.05, 3.63) is 66.5 Å². The molecule has 3 rings (SSSR count). The van der Waals surface area contributed by atoms with Gasteiger partial charge in [-0.25, -0.2) is 0 Å². The van der Waals surface area contributed by atoms with Crippen LogP contribution in [-0.4, -0.2) is 15.3 Å². The van der Waals surface area contributed by atoms with Crippen LogP contribution in [0.2, 0.25) is 0 Å². The predicted octanol–water partition coefficient (Wildman–Crippen LogP) is 3.36. The first-order valence-electron chi connectivity index (χ1n) is 6.32. The molecule has 0 aliphatic carbocycles. The molecule has 0 radical (unpaired) electrons. The van der Waals surface area contributed by atoms with Crippen molar-refractivity contribution in [2.24, 2.45) is 0 Å². The van der Waals surface area contributed by atoms with E-state index in [9.17, 15) is 5.11 Å². The van der Waals surface area contributed by atoms with Gasteiger partial charge >= 0.3 is 0 Å². The van der Waals surface area contributed by atoms with Crippen molar-refractivity contribution in [2.75, 3.05) is 0 Å². The first kappa shape index (κ1) is 12.3. The maximum absolute atomic E-state index is 10.0. The summed E-state index contributed by atoms with van der Waals surface area (Å²) in [6.45, 7) is 0.478. The average molecular weight is 266 g/mol. The van der Waals surface area contributed by atoms with E-state index >= 15 is 0 Å². The summed E-state index contributed by atoms with van der Waals surface area (Å²) in [7, 11) is 0. The van der Waals surface area contributed by atoms with Crippen LogP contribution in [0.4, 0.5) is 0 Å². The Kier molecular flexibility index (Phi) is 3.37. The van der Waals surface area contributed by atoms with Gasteiger partial charge in [-0.05, 0) is 17.7 Å². The van der Waals surface area contributed by atoms with Gasteiger partial charge in [0.25, 0.3) is 0 Å². The number of phenols is 1. The molecule has 1 heterocycles. The number of nitrogens with zero attached hydrogens (tertiary/aromatic N) is 1. The van der Waals surface area contributed by atoms with Crippen LogP contribution in [0.5, 0.6) is 11.5 Å². The summed E-state index contributed by atoms with van der Waals surface area (Å²) in [5.41, 5.74) is 2.66. The number of hydrogen-bond donors (Lipinski definition) is 2. The number of benzene rings is 2. The summed E-state index contributed by atoms with van der Waals surface area (Å²) in [5.74, 6) is 0.815. The third-order valence-electron chi connectivity index (χ3n) is 3.03. The molecule has 0 saturated carbocycles. The Bertz CT molecular complexity index is 679. The summed E-state index contributed by atoms with van der Waals surface area (Å²) >= 11 is 0.